The number of likely N-dealkylation sites (tertiary alicyclic amines) is 2. The van der Waals surface area contributed by atoms with Crippen molar-refractivity contribution in [1.29, 1.82) is 21.0 Å². The van der Waals surface area contributed by atoms with Crippen LogP contribution < -0.4 is 5.32 Å². The molecule has 13 nitrogen and oxygen atoms in total. The molecule has 0 bridgehead atoms. The van der Waals surface area contributed by atoms with Crippen molar-refractivity contribution in [2.75, 3.05) is 80.2 Å². The molecule has 2 atom stereocenters. The van der Waals surface area contributed by atoms with E-state index in [0.717, 1.165) is 102 Å². The molecule has 2 unspecified atom stereocenters. The van der Waals surface area contributed by atoms with Gasteiger partial charge in [0, 0.05) is 75.6 Å². The van der Waals surface area contributed by atoms with Gasteiger partial charge in [0.2, 0.25) is 0 Å². The van der Waals surface area contributed by atoms with Crippen molar-refractivity contribution in [1.82, 2.24) is 24.9 Å². The van der Waals surface area contributed by atoms with Gasteiger partial charge in [-0.05, 0) is 109 Å². The van der Waals surface area contributed by atoms with E-state index in [0.29, 0.717) is 67.2 Å². The van der Waals surface area contributed by atoms with E-state index in [2.05, 4.69) is 63.2 Å². The van der Waals surface area contributed by atoms with Crippen LogP contribution in [0, 0.1) is 45.3 Å². The fourth-order valence-corrected chi connectivity index (χ4v) is 8.27. The molecule has 0 radical (unpaired) electrons. The summed E-state index contributed by atoms with van der Waals surface area (Å²) in [6.45, 7) is 8.36. The van der Waals surface area contributed by atoms with Crippen LogP contribution in [0.1, 0.15) is 96.8 Å². The Morgan fingerprint density at radius 2 is 1.11 bits per heavy atom. The fourth-order valence-electron chi connectivity index (χ4n) is 8.27. The fraction of sp³-hybridized carbons (Fsp3) is 0.674. The molecule has 0 aromatic carbocycles. The lowest BCUT2D eigenvalue weighted by Crippen LogP contribution is -2.41. The highest BCUT2D eigenvalue weighted by atomic mass is 16.5. The number of unbranched alkanes of at least 4 members (excludes halogenated alkanes) is 4. The van der Waals surface area contributed by atoms with Gasteiger partial charge in [-0.2, -0.15) is 21.0 Å². The number of nitriles is 4. The molecule has 2 aliphatic heterocycles. The number of carbonyl (C=O) groups is 2. The van der Waals surface area contributed by atoms with E-state index in [1.54, 1.807) is 0 Å². The highest BCUT2D eigenvalue weighted by molar-refractivity contribution is 5.95. The van der Waals surface area contributed by atoms with Crippen molar-refractivity contribution < 1.29 is 19.1 Å². The smallest absolute Gasteiger partial charge is 0.349 e. The maximum absolute atomic E-state index is 13.3. The average molecular weight is 768 g/mol. The van der Waals surface area contributed by atoms with Crippen LogP contribution in [0.15, 0.2) is 44.8 Å². The zero-order valence-electron chi connectivity index (χ0n) is 34.1. The van der Waals surface area contributed by atoms with E-state index in [-0.39, 0.29) is 36.4 Å². The van der Waals surface area contributed by atoms with Gasteiger partial charge in [0.25, 0.3) is 0 Å². The number of hydrogen-bond donors (Lipinski definition) is 1. The molecule has 302 valence electrons. The van der Waals surface area contributed by atoms with Crippen LogP contribution in [-0.4, -0.2) is 124 Å². The Hall–Kier alpha value is -4.66. The quantitative estimate of drug-likeness (QED) is 0.0785. The van der Waals surface area contributed by atoms with Crippen LogP contribution in [0.25, 0.3) is 0 Å². The first-order valence-electron chi connectivity index (χ1n) is 20.7. The molecule has 0 amide bonds. The lowest BCUT2D eigenvalue weighted by molar-refractivity contribution is -0.140. The average Bonchev–Trinajstić information content (AvgIpc) is 3.96. The normalized spacial score (nSPS) is 21.8. The molecule has 1 N–H and O–H groups in total. The molecule has 2 fully saturated rings. The highest BCUT2D eigenvalue weighted by Crippen LogP contribution is 2.38. The van der Waals surface area contributed by atoms with Crippen LogP contribution in [0.3, 0.4) is 0 Å². The Labute approximate surface area is 334 Å². The van der Waals surface area contributed by atoms with Gasteiger partial charge in [-0.3, -0.25) is 0 Å². The minimum Gasteiger partial charge on any atom is -0.462 e. The number of esters is 2. The van der Waals surface area contributed by atoms with Crippen molar-refractivity contribution in [3.63, 3.8) is 0 Å². The van der Waals surface area contributed by atoms with Gasteiger partial charge in [-0.1, -0.05) is 13.3 Å². The Bertz CT molecular complexity index is 1570. The zero-order valence-corrected chi connectivity index (χ0v) is 34.1. The van der Waals surface area contributed by atoms with Crippen molar-refractivity contribution in [2.45, 2.75) is 109 Å². The molecule has 4 rings (SSSR count). The van der Waals surface area contributed by atoms with Gasteiger partial charge < -0.3 is 34.4 Å². The largest absolute Gasteiger partial charge is 0.462 e. The van der Waals surface area contributed by atoms with Crippen LogP contribution in [0.5, 0.6) is 0 Å². The first-order chi connectivity index (χ1) is 27.2. The summed E-state index contributed by atoms with van der Waals surface area (Å²) in [7, 11) is 6.02. The van der Waals surface area contributed by atoms with Gasteiger partial charge in [-0.15, -0.1) is 0 Å². The lowest BCUT2D eigenvalue weighted by Gasteiger charge is -2.37. The van der Waals surface area contributed by atoms with Gasteiger partial charge in [0.05, 0.1) is 24.4 Å². The predicted octanol–water partition coefficient (Wildman–Crippen LogP) is 5.23. The summed E-state index contributed by atoms with van der Waals surface area (Å²) in [5, 5.41) is 44.0. The molecular weight excluding hydrogens is 707 g/mol. The summed E-state index contributed by atoms with van der Waals surface area (Å²) in [4.78, 5) is 35.6. The van der Waals surface area contributed by atoms with Gasteiger partial charge in [-0.25, -0.2) is 9.59 Å². The molecule has 2 aliphatic carbocycles. The van der Waals surface area contributed by atoms with Crippen molar-refractivity contribution in [2.24, 2.45) is 0 Å². The summed E-state index contributed by atoms with van der Waals surface area (Å²) >= 11 is 0. The molecule has 0 aromatic rings. The van der Waals surface area contributed by atoms with Crippen molar-refractivity contribution in [3.8, 4) is 24.3 Å². The summed E-state index contributed by atoms with van der Waals surface area (Å²) < 4.78 is 11.2. The monoisotopic (exact) mass is 767 g/mol. The number of carbonyl (C=O) groups excluding carboxylic acids is 2. The standard InChI is InChI=1S/C43H61N9O4/c1-5-6-16-49(3)32-24-34(36(28-44)40(26-32)51-17-9-10-18-51)38(30-46)42(53)55-22-13-7-8-14-23-56-43(54)39(31-47)35-25-33(50(4)21-15-48-2)27-41(37(35)29-45)52-19-11-12-20-52/h32-33,48H,5-27H2,1-4H3/b38-34+,39-35+. The number of nitrogens with one attached hydrogen (secondary N) is 1. The Kier molecular flexibility index (Phi) is 17.9. The summed E-state index contributed by atoms with van der Waals surface area (Å²) in [5.74, 6) is -1.41. The Morgan fingerprint density at radius 1 is 0.679 bits per heavy atom. The molecule has 4 aliphatic rings. The molecule has 0 aromatic heterocycles. The summed E-state index contributed by atoms with van der Waals surface area (Å²) in [6.07, 6.45) is 11.1. The van der Waals surface area contributed by atoms with Crippen molar-refractivity contribution >= 4 is 11.9 Å². The van der Waals surface area contributed by atoms with Gasteiger partial charge >= 0.3 is 11.9 Å². The Morgan fingerprint density at radius 3 is 1.48 bits per heavy atom. The molecule has 13 heteroatoms. The maximum Gasteiger partial charge on any atom is 0.349 e. The van der Waals surface area contributed by atoms with Crippen LogP contribution in [0.4, 0.5) is 0 Å². The first kappa shape index (κ1) is 44.1. The molecule has 0 spiro atoms. The summed E-state index contributed by atoms with van der Waals surface area (Å²) in [5.41, 5.74) is 3.50. The minimum absolute atomic E-state index is 0.0471. The van der Waals surface area contributed by atoms with E-state index >= 15 is 0 Å². The van der Waals surface area contributed by atoms with Crippen molar-refractivity contribution in [3.05, 3.63) is 44.8 Å². The second-order valence-electron chi connectivity index (χ2n) is 15.4. The maximum atomic E-state index is 13.3. The highest BCUT2D eigenvalue weighted by Gasteiger charge is 2.36. The zero-order chi connectivity index (χ0) is 40.5. The first-order valence-corrected chi connectivity index (χ1v) is 20.7. The van der Waals surface area contributed by atoms with E-state index in [4.69, 9.17) is 9.47 Å². The lowest BCUT2D eigenvalue weighted by atomic mass is 9.84. The second-order valence-corrected chi connectivity index (χ2v) is 15.4. The van der Waals surface area contributed by atoms with E-state index < -0.39 is 11.9 Å². The number of nitrogens with zero attached hydrogens (tertiary/aromatic N) is 8. The van der Waals surface area contributed by atoms with E-state index in [1.807, 2.05) is 14.1 Å². The van der Waals surface area contributed by atoms with E-state index in [1.165, 1.54) is 0 Å². The van der Waals surface area contributed by atoms with Crippen LogP contribution in [-0.2, 0) is 19.1 Å². The minimum atomic E-state index is -0.708. The number of allylic oxidation sites excluding steroid dienone is 2. The third kappa shape index (κ3) is 11.5. The Balaban J connectivity index is 1.33. The molecule has 2 heterocycles. The summed E-state index contributed by atoms with van der Waals surface area (Å²) in [6, 6.07) is 8.97. The third-order valence-electron chi connectivity index (χ3n) is 11.7. The number of ether oxygens (including phenoxy) is 2. The van der Waals surface area contributed by atoms with Crippen LogP contribution >= 0.6 is 0 Å². The topological polar surface area (TPSA) is 173 Å². The SMILES string of the molecule is CCCCN(C)C1CC(N2CCCC2)=C(C#N)/C(=C(\C#N)C(=O)OCCCCCCOC(=O)/C(C#N)=C2\CC(N(C)CCNC)CC(N3CCCC3)=C2C#N)C1. The van der Waals surface area contributed by atoms with Gasteiger partial charge in [0.15, 0.2) is 0 Å². The predicted molar refractivity (Wildman–Crippen MR) is 213 cm³/mol. The molecule has 2 saturated heterocycles. The van der Waals surface area contributed by atoms with Gasteiger partial charge in [0.1, 0.15) is 35.4 Å². The third-order valence-corrected chi connectivity index (χ3v) is 11.7. The second kappa shape index (κ2) is 22.8. The molecule has 56 heavy (non-hydrogen) atoms. The van der Waals surface area contributed by atoms with E-state index in [9.17, 15) is 30.6 Å². The van der Waals surface area contributed by atoms with Crippen LogP contribution in [0.2, 0.25) is 0 Å². The molecule has 0 saturated carbocycles. The number of rotatable bonds is 19. The molecular formula is C43H61N9O4. The number of hydrogen-bond acceptors (Lipinski definition) is 13. The number of likely N-dealkylation sites (N-methyl/N-ethyl adjacent to an activating group) is 2.